The summed E-state index contributed by atoms with van der Waals surface area (Å²) in [5.41, 5.74) is 3.20. The van der Waals surface area contributed by atoms with Crippen molar-refractivity contribution in [1.82, 2.24) is 0 Å². The highest BCUT2D eigenvalue weighted by atomic mass is 32.1. The lowest BCUT2D eigenvalue weighted by Crippen LogP contribution is -2.03. The van der Waals surface area contributed by atoms with Gasteiger partial charge in [-0.2, -0.15) is 0 Å². The number of hydrogen-bond acceptors (Lipinski definition) is 4. The first-order chi connectivity index (χ1) is 16.0. The van der Waals surface area contributed by atoms with Crippen molar-refractivity contribution in [2.45, 2.75) is 19.8 Å². The van der Waals surface area contributed by atoms with Crippen molar-refractivity contribution in [2.24, 2.45) is 0 Å². The molecule has 2 aromatic heterocycles. The fourth-order valence-corrected chi connectivity index (χ4v) is 6.48. The molecule has 0 aliphatic rings. The fourth-order valence-electron chi connectivity index (χ4n) is 4.40. The molecule has 4 aromatic carbocycles. The van der Waals surface area contributed by atoms with Gasteiger partial charge in [0.15, 0.2) is 10.9 Å². The van der Waals surface area contributed by atoms with Crippen molar-refractivity contribution >= 4 is 63.0 Å². The van der Waals surface area contributed by atoms with E-state index in [0.717, 1.165) is 51.5 Å². The van der Waals surface area contributed by atoms with E-state index in [0.29, 0.717) is 5.92 Å². The van der Waals surface area contributed by atoms with Gasteiger partial charge in [0.25, 0.3) is 0 Å². The summed E-state index contributed by atoms with van der Waals surface area (Å²) in [6.45, 7) is 4.28. The summed E-state index contributed by atoms with van der Waals surface area (Å²) < 4.78 is 3.97. The van der Waals surface area contributed by atoms with Crippen molar-refractivity contribution in [3.05, 3.63) is 105 Å². The molecule has 0 aliphatic carbocycles. The molecule has 6 rings (SSSR count). The Morgan fingerprint density at radius 1 is 0.545 bits per heavy atom. The third kappa shape index (κ3) is 3.29. The highest BCUT2D eigenvalue weighted by Gasteiger charge is 2.11. The van der Waals surface area contributed by atoms with Crippen LogP contribution in [0.2, 0.25) is 0 Å². The van der Waals surface area contributed by atoms with Gasteiger partial charge in [-0.25, -0.2) is 0 Å². The molecule has 160 valence electrons. The summed E-state index contributed by atoms with van der Waals surface area (Å²) in [6.07, 6.45) is 0. The minimum absolute atomic E-state index is 0.0564. The van der Waals surface area contributed by atoms with E-state index in [2.05, 4.69) is 26.0 Å². The smallest absolute Gasteiger partial charge is 0.195 e. The highest BCUT2D eigenvalue weighted by Crippen LogP contribution is 2.32. The van der Waals surface area contributed by atoms with Crippen molar-refractivity contribution in [3.63, 3.8) is 0 Å². The molecule has 0 bridgehead atoms. The van der Waals surface area contributed by atoms with Gasteiger partial charge in [0, 0.05) is 40.3 Å². The number of benzene rings is 4. The van der Waals surface area contributed by atoms with Gasteiger partial charge in [-0.15, -0.1) is 22.7 Å². The number of rotatable bonds is 2. The standard InChI is InChI=1S/C29H20O2S2/c1-16(2)17-7-10-25-21(13-17)29(31)23-15-19(9-12-27(23)33-25)18-8-11-26-22(14-18)28(30)20-5-3-4-6-24(20)32-26/h3-16H,1-2H3. The average molecular weight is 465 g/mol. The molecule has 0 unspecified atom stereocenters. The van der Waals surface area contributed by atoms with Gasteiger partial charge in [0.05, 0.1) is 0 Å². The molecule has 2 heterocycles. The normalized spacial score (nSPS) is 11.8. The zero-order valence-electron chi connectivity index (χ0n) is 18.2. The molecule has 0 spiro atoms. The van der Waals surface area contributed by atoms with Crippen LogP contribution in [0.3, 0.4) is 0 Å². The maximum absolute atomic E-state index is 13.4. The molecular weight excluding hydrogens is 444 g/mol. The average Bonchev–Trinajstić information content (AvgIpc) is 2.84. The van der Waals surface area contributed by atoms with E-state index in [9.17, 15) is 9.59 Å². The predicted molar refractivity (Wildman–Crippen MR) is 144 cm³/mol. The Labute approximate surface area is 198 Å². The Morgan fingerprint density at radius 3 is 1.64 bits per heavy atom. The minimum atomic E-state index is 0.0564. The summed E-state index contributed by atoms with van der Waals surface area (Å²) in [5.74, 6) is 0.372. The van der Waals surface area contributed by atoms with Crippen LogP contribution in [-0.2, 0) is 0 Å². The molecular formula is C29H20O2S2. The van der Waals surface area contributed by atoms with E-state index in [-0.39, 0.29) is 10.9 Å². The van der Waals surface area contributed by atoms with Gasteiger partial charge < -0.3 is 0 Å². The van der Waals surface area contributed by atoms with Crippen LogP contribution in [0, 0.1) is 0 Å². The summed E-state index contributed by atoms with van der Waals surface area (Å²) in [7, 11) is 0. The molecule has 2 nitrogen and oxygen atoms in total. The molecule has 0 N–H and O–H groups in total. The summed E-state index contributed by atoms with van der Waals surface area (Å²) in [5, 5.41) is 2.99. The Balaban J connectivity index is 1.57. The third-order valence-corrected chi connectivity index (χ3v) is 8.57. The second kappa shape index (κ2) is 7.62. The van der Waals surface area contributed by atoms with Gasteiger partial charge in [-0.3, -0.25) is 9.59 Å². The van der Waals surface area contributed by atoms with Crippen LogP contribution >= 0.6 is 22.7 Å². The molecule has 33 heavy (non-hydrogen) atoms. The molecule has 0 saturated heterocycles. The van der Waals surface area contributed by atoms with Gasteiger partial charge in [-0.1, -0.05) is 44.2 Å². The van der Waals surface area contributed by atoms with E-state index in [1.165, 1.54) is 5.56 Å². The van der Waals surface area contributed by atoms with Crippen molar-refractivity contribution < 1.29 is 0 Å². The van der Waals surface area contributed by atoms with Gasteiger partial charge >= 0.3 is 0 Å². The molecule has 0 saturated carbocycles. The fraction of sp³-hybridized carbons (Fsp3) is 0.103. The number of hydrogen-bond donors (Lipinski definition) is 0. The molecule has 0 atom stereocenters. The molecule has 0 aliphatic heterocycles. The Bertz CT molecular complexity index is 1840. The maximum Gasteiger partial charge on any atom is 0.195 e. The van der Waals surface area contributed by atoms with Gasteiger partial charge in [-0.05, 0) is 71.1 Å². The highest BCUT2D eigenvalue weighted by molar-refractivity contribution is 7.25. The Hall–Kier alpha value is -3.34. The molecule has 6 aromatic rings. The Morgan fingerprint density at radius 2 is 1.03 bits per heavy atom. The lowest BCUT2D eigenvalue weighted by atomic mass is 10.00. The topological polar surface area (TPSA) is 34.1 Å². The van der Waals surface area contributed by atoms with Crippen LogP contribution < -0.4 is 10.9 Å². The van der Waals surface area contributed by atoms with E-state index >= 15 is 0 Å². The molecule has 4 heteroatoms. The molecule has 0 radical (unpaired) electrons. The lowest BCUT2D eigenvalue weighted by molar-refractivity contribution is 0.869. The number of fused-ring (bicyclic) bond motifs is 4. The van der Waals surface area contributed by atoms with Crippen LogP contribution in [0.25, 0.3) is 51.5 Å². The van der Waals surface area contributed by atoms with Crippen LogP contribution in [0.1, 0.15) is 25.3 Å². The monoisotopic (exact) mass is 464 g/mol. The maximum atomic E-state index is 13.4. The quantitative estimate of drug-likeness (QED) is 0.244. The lowest BCUT2D eigenvalue weighted by Gasteiger charge is -2.09. The second-order valence-corrected chi connectivity index (χ2v) is 10.9. The summed E-state index contributed by atoms with van der Waals surface area (Å²) >= 11 is 3.28. The van der Waals surface area contributed by atoms with E-state index in [1.807, 2.05) is 66.7 Å². The largest absolute Gasteiger partial charge is 0.289 e. The van der Waals surface area contributed by atoms with E-state index in [4.69, 9.17) is 0 Å². The van der Waals surface area contributed by atoms with Crippen LogP contribution in [0.5, 0.6) is 0 Å². The SMILES string of the molecule is CC(C)c1ccc2sc3ccc(-c4ccc5sc6ccccc6c(=O)c5c4)cc3c(=O)c2c1. The Kier molecular flexibility index (Phi) is 4.68. The summed E-state index contributed by atoms with van der Waals surface area (Å²) in [4.78, 5) is 26.5. The van der Waals surface area contributed by atoms with Crippen molar-refractivity contribution in [3.8, 4) is 11.1 Å². The zero-order chi connectivity index (χ0) is 22.7. The molecule has 0 amide bonds. The van der Waals surface area contributed by atoms with E-state index < -0.39 is 0 Å². The second-order valence-electron chi connectivity index (χ2n) is 8.69. The zero-order valence-corrected chi connectivity index (χ0v) is 19.8. The minimum Gasteiger partial charge on any atom is -0.289 e. The first-order valence-corrected chi connectivity index (χ1v) is 12.6. The summed E-state index contributed by atoms with van der Waals surface area (Å²) in [6, 6.07) is 26.0. The van der Waals surface area contributed by atoms with Crippen molar-refractivity contribution in [2.75, 3.05) is 0 Å². The third-order valence-electron chi connectivity index (χ3n) is 6.27. The first kappa shape index (κ1) is 20.3. The van der Waals surface area contributed by atoms with E-state index in [1.54, 1.807) is 22.7 Å². The van der Waals surface area contributed by atoms with Crippen LogP contribution in [0.4, 0.5) is 0 Å². The molecule has 0 fully saturated rings. The van der Waals surface area contributed by atoms with Crippen LogP contribution in [0.15, 0.2) is 88.5 Å². The first-order valence-electron chi connectivity index (χ1n) is 11.0. The van der Waals surface area contributed by atoms with Crippen molar-refractivity contribution in [1.29, 1.82) is 0 Å². The van der Waals surface area contributed by atoms with Gasteiger partial charge in [0.2, 0.25) is 0 Å². The predicted octanol–water partition coefficient (Wildman–Crippen LogP) is 7.93. The van der Waals surface area contributed by atoms with Crippen LogP contribution in [-0.4, -0.2) is 0 Å². The van der Waals surface area contributed by atoms with Gasteiger partial charge in [0.1, 0.15) is 0 Å².